The van der Waals surface area contributed by atoms with Crippen LogP contribution in [0.4, 0.5) is 0 Å². The highest BCUT2D eigenvalue weighted by Gasteiger charge is 2.25. The minimum absolute atomic E-state index is 0.182. The molecule has 0 aliphatic heterocycles. The Labute approximate surface area is 282 Å². The first-order valence-corrected chi connectivity index (χ1v) is 17.3. The fraction of sp³-hybridized carbons (Fsp3) is 0.429. The van der Waals surface area contributed by atoms with E-state index in [4.69, 9.17) is 14.2 Å². The minimum Gasteiger partial charge on any atom is -0.462 e. The normalized spacial score (nSPS) is 16.0. The summed E-state index contributed by atoms with van der Waals surface area (Å²) in [7, 11) is 1.53. The second kappa shape index (κ2) is 18.4. The first kappa shape index (κ1) is 35.9. The molecule has 0 saturated heterocycles. The Balaban J connectivity index is 1.42. The van der Waals surface area contributed by atoms with E-state index in [0.717, 1.165) is 29.9 Å². The molecule has 1 aliphatic rings. The van der Waals surface area contributed by atoms with Crippen LogP contribution in [0.1, 0.15) is 95.1 Å². The van der Waals surface area contributed by atoms with Gasteiger partial charge in [-0.15, -0.1) is 0 Å². The van der Waals surface area contributed by atoms with Crippen LogP contribution in [0.3, 0.4) is 0 Å². The van der Waals surface area contributed by atoms with Crippen LogP contribution in [0.2, 0.25) is 0 Å². The summed E-state index contributed by atoms with van der Waals surface area (Å²) in [6.45, 7) is 11.9. The molecule has 250 valence electrons. The van der Waals surface area contributed by atoms with E-state index in [9.17, 15) is 9.59 Å². The van der Waals surface area contributed by atoms with Gasteiger partial charge in [-0.25, -0.2) is 9.59 Å². The van der Waals surface area contributed by atoms with E-state index in [1.165, 1.54) is 87.2 Å². The van der Waals surface area contributed by atoms with Gasteiger partial charge in [0.2, 0.25) is 0 Å². The monoisotopic (exact) mass is 636 g/mol. The van der Waals surface area contributed by atoms with Crippen LogP contribution >= 0.6 is 0 Å². The summed E-state index contributed by atoms with van der Waals surface area (Å²) >= 11 is 0. The molecule has 1 saturated carbocycles. The lowest BCUT2D eigenvalue weighted by molar-refractivity contribution is -0.139. The average molecular weight is 637 g/mol. The van der Waals surface area contributed by atoms with Gasteiger partial charge in [0.1, 0.15) is 5.75 Å². The molecule has 47 heavy (non-hydrogen) atoms. The predicted molar refractivity (Wildman–Crippen MR) is 192 cm³/mol. The molecule has 3 aromatic rings. The molecule has 0 amide bonds. The Hall–Kier alpha value is -3.96. The van der Waals surface area contributed by atoms with Gasteiger partial charge in [-0.3, -0.25) is 0 Å². The molecule has 5 heteroatoms. The molecule has 0 bridgehead atoms. The first-order chi connectivity index (χ1) is 22.8. The Morgan fingerprint density at radius 2 is 1.45 bits per heavy atom. The molecule has 3 aromatic carbocycles. The third kappa shape index (κ3) is 10.8. The molecular weight excluding hydrogens is 584 g/mol. The summed E-state index contributed by atoms with van der Waals surface area (Å²) in [6.07, 6.45) is 13.1. The van der Waals surface area contributed by atoms with Crippen LogP contribution in [-0.2, 0) is 25.5 Å². The molecule has 0 N–H and O–H groups in total. The van der Waals surface area contributed by atoms with Crippen LogP contribution in [0, 0.1) is 5.92 Å². The Morgan fingerprint density at radius 1 is 0.787 bits per heavy atom. The van der Waals surface area contributed by atoms with Crippen LogP contribution < -0.4 is 4.74 Å². The third-order valence-electron chi connectivity index (χ3n) is 9.27. The van der Waals surface area contributed by atoms with Gasteiger partial charge >= 0.3 is 11.9 Å². The van der Waals surface area contributed by atoms with Crippen molar-refractivity contribution in [2.24, 2.45) is 5.92 Å². The number of hydrogen-bond donors (Lipinski definition) is 0. The third-order valence-corrected chi connectivity index (χ3v) is 9.27. The molecule has 0 spiro atoms. The first-order valence-electron chi connectivity index (χ1n) is 17.3. The van der Waals surface area contributed by atoms with Gasteiger partial charge in [-0.2, -0.15) is 0 Å². The van der Waals surface area contributed by atoms with Gasteiger partial charge < -0.3 is 14.2 Å². The SMILES string of the molecule is C=C(C)C(=O)Oc1ccc(-c2ccc(-c3ccc(CCCOC(=O)C(=C)COC)cc3)cc2)c(C2CCC(CCCCCC)CC2)c1. The number of esters is 2. The van der Waals surface area contributed by atoms with Gasteiger partial charge in [0.25, 0.3) is 0 Å². The summed E-state index contributed by atoms with van der Waals surface area (Å²) in [4.78, 5) is 24.2. The standard InChI is InChI=1S/C42H52O5/c1-6-7-8-9-11-32-15-19-37(20-16-32)40-28-38(47-41(43)30(2)3)25-26-39(40)36-23-21-35(22-24-36)34-17-13-33(14-18-34)12-10-27-46-42(44)31(4)29-45-5/h13-14,17-18,21-26,28,32,37H,2,4,6-12,15-16,19-20,27,29H2,1,3,5H3. The minimum atomic E-state index is -0.402. The van der Waals surface area contributed by atoms with Crippen molar-refractivity contribution in [2.45, 2.75) is 90.4 Å². The van der Waals surface area contributed by atoms with E-state index in [1.807, 2.05) is 6.07 Å². The van der Waals surface area contributed by atoms with Crippen molar-refractivity contribution < 1.29 is 23.8 Å². The molecular formula is C42H52O5. The molecule has 0 heterocycles. The highest BCUT2D eigenvalue weighted by atomic mass is 16.5. The number of ether oxygens (including phenoxy) is 3. The van der Waals surface area contributed by atoms with Gasteiger partial charge in [0.05, 0.1) is 18.8 Å². The molecule has 0 atom stereocenters. The van der Waals surface area contributed by atoms with Crippen LogP contribution in [0.25, 0.3) is 22.3 Å². The Bertz CT molecular complexity index is 1480. The maximum atomic E-state index is 12.3. The molecule has 1 aliphatic carbocycles. The van der Waals surface area contributed by atoms with E-state index >= 15 is 0 Å². The lowest BCUT2D eigenvalue weighted by atomic mass is 9.75. The number of hydrogen-bond acceptors (Lipinski definition) is 5. The van der Waals surface area contributed by atoms with Gasteiger partial charge in [-0.1, -0.05) is 107 Å². The van der Waals surface area contributed by atoms with E-state index in [-0.39, 0.29) is 12.6 Å². The molecule has 0 unspecified atom stereocenters. The Morgan fingerprint density at radius 3 is 2.09 bits per heavy atom. The lowest BCUT2D eigenvalue weighted by Crippen LogP contribution is -2.15. The van der Waals surface area contributed by atoms with E-state index < -0.39 is 5.97 Å². The van der Waals surface area contributed by atoms with E-state index in [0.29, 0.717) is 29.4 Å². The fourth-order valence-corrected chi connectivity index (χ4v) is 6.50. The van der Waals surface area contributed by atoms with Crippen molar-refractivity contribution in [2.75, 3.05) is 20.3 Å². The summed E-state index contributed by atoms with van der Waals surface area (Å²) in [6, 6.07) is 23.4. The van der Waals surface area contributed by atoms with Crippen LogP contribution in [-0.4, -0.2) is 32.3 Å². The topological polar surface area (TPSA) is 61.8 Å². The van der Waals surface area contributed by atoms with Gasteiger partial charge in [0, 0.05) is 12.7 Å². The number of methoxy groups -OCH3 is 1. The largest absolute Gasteiger partial charge is 0.462 e. The van der Waals surface area contributed by atoms with Crippen LogP contribution in [0.5, 0.6) is 5.75 Å². The van der Waals surface area contributed by atoms with E-state index in [2.05, 4.69) is 80.7 Å². The number of unbranched alkanes of at least 4 members (excludes halogenated alkanes) is 3. The molecule has 1 fully saturated rings. The number of aryl methyl sites for hydroxylation is 1. The van der Waals surface area contributed by atoms with E-state index in [1.54, 1.807) is 6.92 Å². The highest BCUT2D eigenvalue weighted by molar-refractivity contribution is 5.89. The van der Waals surface area contributed by atoms with Gasteiger partial charge in [-0.05, 0) is 103 Å². The highest BCUT2D eigenvalue weighted by Crippen LogP contribution is 2.43. The maximum absolute atomic E-state index is 12.3. The van der Waals surface area contributed by atoms with Crippen molar-refractivity contribution >= 4 is 11.9 Å². The zero-order valence-corrected chi connectivity index (χ0v) is 28.7. The second-order valence-corrected chi connectivity index (χ2v) is 13.0. The summed E-state index contributed by atoms with van der Waals surface area (Å²) in [5.41, 5.74) is 7.88. The summed E-state index contributed by atoms with van der Waals surface area (Å²) in [5, 5.41) is 0. The number of carbonyl (C=O) groups is 2. The number of carbonyl (C=O) groups excluding carboxylic acids is 2. The number of rotatable bonds is 17. The predicted octanol–water partition coefficient (Wildman–Crippen LogP) is 10.4. The molecule has 4 rings (SSSR count). The summed E-state index contributed by atoms with van der Waals surface area (Å²) in [5.74, 6) is 1.07. The van der Waals surface area contributed by atoms with Crippen molar-refractivity contribution in [3.63, 3.8) is 0 Å². The van der Waals surface area contributed by atoms with Crippen molar-refractivity contribution in [3.05, 3.63) is 102 Å². The van der Waals surface area contributed by atoms with Crippen molar-refractivity contribution in [1.82, 2.24) is 0 Å². The van der Waals surface area contributed by atoms with Gasteiger partial charge in [0.15, 0.2) is 0 Å². The van der Waals surface area contributed by atoms with Crippen molar-refractivity contribution in [1.29, 1.82) is 0 Å². The number of benzene rings is 3. The Kier molecular flexibility index (Phi) is 14.0. The maximum Gasteiger partial charge on any atom is 0.338 e. The molecule has 0 aromatic heterocycles. The zero-order valence-electron chi connectivity index (χ0n) is 28.7. The molecule has 5 nitrogen and oxygen atoms in total. The zero-order chi connectivity index (χ0) is 33.6. The average Bonchev–Trinajstić information content (AvgIpc) is 3.09. The summed E-state index contributed by atoms with van der Waals surface area (Å²) < 4.78 is 15.9. The second-order valence-electron chi connectivity index (χ2n) is 13.0. The van der Waals surface area contributed by atoms with Crippen molar-refractivity contribution in [3.8, 4) is 28.0 Å². The smallest absolute Gasteiger partial charge is 0.338 e. The molecule has 0 radical (unpaired) electrons. The van der Waals surface area contributed by atoms with Crippen LogP contribution in [0.15, 0.2) is 91.0 Å². The quantitative estimate of drug-likeness (QED) is 0.0638. The lowest BCUT2D eigenvalue weighted by Gasteiger charge is -2.30. The fourth-order valence-electron chi connectivity index (χ4n) is 6.50.